The van der Waals surface area contributed by atoms with Crippen LogP contribution in [-0.2, 0) is 9.47 Å². The molecule has 2 aliphatic rings. The van der Waals surface area contributed by atoms with E-state index in [-0.39, 0.29) is 5.78 Å². The molecule has 8 nitrogen and oxygen atoms in total. The molecule has 2 saturated heterocycles. The van der Waals surface area contributed by atoms with Crippen LogP contribution in [0.1, 0.15) is 28.0 Å². The standard InChI is InChI=1S/C24H31N5O3/c1-19-3-2-4-20(15-19)18-25-27-24-17-21(29-9-13-32-14-10-29)16-22(26-24)23(30)5-6-28-7-11-31-12-8-28/h2-4,15-18H,5-14H2,1H3,(H,26,27)/b25-18+. The first kappa shape index (κ1) is 22.4. The second-order valence-corrected chi connectivity index (χ2v) is 8.11. The van der Waals surface area contributed by atoms with Crippen molar-refractivity contribution in [3.8, 4) is 0 Å². The monoisotopic (exact) mass is 437 g/mol. The molecule has 2 fully saturated rings. The highest BCUT2D eigenvalue weighted by molar-refractivity contribution is 5.95. The minimum atomic E-state index is 0.0392. The number of ether oxygens (including phenoxy) is 2. The van der Waals surface area contributed by atoms with E-state index in [1.165, 1.54) is 5.56 Å². The minimum absolute atomic E-state index is 0.0392. The van der Waals surface area contributed by atoms with Crippen molar-refractivity contribution in [2.24, 2.45) is 5.10 Å². The molecule has 1 aromatic carbocycles. The third-order valence-corrected chi connectivity index (χ3v) is 5.67. The van der Waals surface area contributed by atoms with Crippen molar-refractivity contribution in [2.75, 3.05) is 69.5 Å². The van der Waals surface area contributed by atoms with Gasteiger partial charge in [0.2, 0.25) is 0 Å². The summed E-state index contributed by atoms with van der Waals surface area (Å²) in [6.07, 6.45) is 2.20. The van der Waals surface area contributed by atoms with Gasteiger partial charge in [-0.05, 0) is 18.6 Å². The quantitative estimate of drug-likeness (QED) is 0.386. The number of pyridine rings is 1. The van der Waals surface area contributed by atoms with Crippen LogP contribution in [0.5, 0.6) is 0 Å². The Bertz CT molecular complexity index is 937. The zero-order chi connectivity index (χ0) is 22.2. The normalized spacial score (nSPS) is 17.6. The number of anilines is 2. The molecule has 1 aromatic heterocycles. The van der Waals surface area contributed by atoms with Gasteiger partial charge in [-0.15, -0.1) is 0 Å². The second kappa shape index (κ2) is 11.2. The molecule has 3 heterocycles. The molecule has 0 amide bonds. The maximum atomic E-state index is 13.0. The van der Waals surface area contributed by atoms with Crippen molar-refractivity contribution in [1.82, 2.24) is 9.88 Å². The van der Waals surface area contributed by atoms with Crippen LogP contribution in [0.25, 0.3) is 0 Å². The lowest BCUT2D eigenvalue weighted by Gasteiger charge is -2.29. The largest absolute Gasteiger partial charge is 0.379 e. The fourth-order valence-corrected chi connectivity index (χ4v) is 3.86. The highest BCUT2D eigenvalue weighted by Gasteiger charge is 2.18. The molecule has 0 spiro atoms. The number of aromatic nitrogens is 1. The summed E-state index contributed by atoms with van der Waals surface area (Å²) < 4.78 is 10.9. The third kappa shape index (κ3) is 6.35. The van der Waals surface area contributed by atoms with Gasteiger partial charge in [0, 0.05) is 50.9 Å². The summed E-state index contributed by atoms with van der Waals surface area (Å²) in [5.74, 6) is 0.602. The molecule has 0 radical (unpaired) electrons. The maximum Gasteiger partial charge on any atom is 0.182 e. The number of nitrogens with one attached hydrogen (secondary N) is 1. The van der Waals surface area contributed by atoms with E-state index < -0.39 is 0 Å². The van der Waals surface area contributed by atoms with Gasteiger partial charge in [0.15, 0.2) is 5.78 Å². The molecule has 0 bridgehead atoms. The van der Waals surface area contributed by atoms with Crippen molar-refractivity contribution in [3.63, 3.8) is 0 Å². The molecular weight excluding hydrogens is 406 g/mol. The predicted molar refractivity (Wildman–Crippen MR) is 126 cm³/mol. The summed E-state index contributed by atoms with van der Waals surface area (Å²) in [6, 6.07) is 11.9. The lowest BCUT2D eigenvalue weighted by atomic mass is 10.1. The molecule has 0 atom stereocenters. The number of hydrogen-bond donors (Lipinski definition) is 1. The van der Waals surface area contributed by atoms with Gasteiger partial charge in [-0.25, -0.2) is 4.98 Å². The molecule has 2 aliphatic heterocycles. The van der Waals surface area contributed by atoms with Gasteiger partial charge in [0.1, 0.15) is 11.5 Å². The summed E-state index contributed by atoms with van der Waals surface area (Å²) in [7, 11) is 0. The molecule has 2 aromatic rings. The van der Waals surface area contributed by atoms with Gasteiger partial charge in [0.05, 0.1) is 32.6 Å². The Morgan fingerprint density at radius 1 is 1.09 bits per heavy atom. The van der Waals surface area contributed by atoms with Crippen LogP contribution in [-0.4, -0.2) is 81.0 Å². The third-order valence-electron chi connectivity index (χ3n) is 5.67. The predicted octanol–water partition coefficient (Wildman–Crippen LogP) is 2.58. The van der Waals surface area contributed by atoms with Crippen LogP contribution >= 0.6 is 0 Å². The summed E-state index contributed by atoms with van der Waals surface area (Å²) in [6.45, 7) is 8.90. The topological polar surface area (TPSA) is 79.3 Å². The minimum Gasteiger partial charge on any atom is -0.379 e. The number of nitrogens with zero attached hydrogens (tertiary/aromatic N) is 4. The van der Waals surface area contributed by atoms with Crippen LogP contribution < -0.4 is 10.3 Å². The summed E-state index contributed by atoms with van der Waals surface area (Å²) >= 11 is 0. The van der Waals surface area contributed by atoms with Crippen molar-refractivity contribution in [1.29, 1.82) is 0 Å². The number of rotatable bonds is 8. The Kier molecular flexibility index (Phi) is 7.82. The molecule has 0 saturated carbocycles. The van der Waals surface area contributed by atoms with Gasteiger partial charge in [-0.1, -0.05) is 29.8 Å². The molecule has 1 N–H and O–H groups in total. The van der Waals surface area contributed by atoms with E-state index in [0.717, 1.165) is 57.2 Å². The number of aryl methyl sites for hydroxylation is 1. The first-order valence-corrected chi connectivity index (χ1v) is 11.2. The van der Waals surface area contributed by atoms with Gasteiger partial charge < -0.3 is 14.4 Å². The molecule has 32 heavy (non-hydrogen) atoms. The van der Waals surface area contributed by atoms with Gasteiger partial charge in [0.25, 0.3) is 0 Å². The number of Topliss-reactive ketones (excluding diaryl/α,β-unsaturated/α-hetero) is 1. The zero-order valence-electron chi connectivity index (χ0n) is 18.6. The number of benzene rings is 1. The molecule has 0 aliphatic carbocycles. The van der Waals surface area contributed by atoms with Crippen molar-refractivity contribution >= 4 is 23.5 Å². The average Bonchev–Trinajstić information content (AvgIpc) is 2.83. The number of morpholine rings is 2. The van der Waals surface area contributed by atoms with Crippen molar-refractivity contribution in [2.45, 2.75) is 13.3 Å². The van der Waals surface area contributed by atoms with Crippen molar-refractivity contribution < 1.29 is 14.3 Å². The van der Waals surface area contributed by atoms with Gasteiger partial charge in [-0.2, -0.15) is 5.10 Å². The Labute approximate surface area is 189 Å². The lowest BCUT2D eigenvalue weighted by Crippen LogP contribution is -2.37. The molecule has 4 rings (SSSR count). The van der Waals surface area contributed by atoms with Crippen LogP contribution in [0, 0.1) is 6.92 Å². The van der Waals surface area contributed by atoms with Crippen LogP contribution in [0.3, 0.4) is 0 Å². The molecule has 0 unspecified atom stereocenters. The van der Waals surface area contributed by atoms with E-state index in [0.29, 0.717) is 31.1 Å². The SMILES string of the molecule is Cc1cccc(/C=N/Nc2cc(N3CCOCC3)cc(C(=O)CCN3CCOCC3)n2)c1. The first-order valence-electron chi connectivity index (χ1n) is 11.2. The Morgan fingerprint density at radius 2 is 1.84 bits per heavy atom. The summed E-state index contributed by atoms with van der Waals surface area (Å²) in [4.78, 5) is 22.0. The van der Waals surface area contributed by atoms with E-state index >= 15 is 0 Å². The van der Waals surface area contributed by atoms with Gasteiger partial charge >= 0.3 is 0 Å². The highest BCUT2D eigenvalue weighted by atomic mass is 16.5. The first-order chi connectivity index (χ1) is 15.7. The number of carbonyl (C=O) groups excluding carboxylic acids is 1. The number of ketones is 1. The summed E-state index contributed by atoms with van der Waals surface area (Å²) in [5, 5.41) is 4.34. The number of hydrogen-bond acceptors (Lipinski definition) is 8. The Hall–Kier alpha value is -2.81. The van der Waals surface area contributed by atoms with Crippen LogP contribution in [0.4, 0.5) is 11.5 Å². The number of carbonyl (C=O) groups is 1. The maximum absolute atomic E-state index is 13.0. The summed E-state index contributed by atoms with van der Waals surface area (Å²) in [5.41, 5.74) is 6.63. The zero-order valence-corrected chi connectivity index (χ0v) is 18.6. The fourth-order valence-electron chi connectivity index (χ4n) is 3.86. The second-order valence-electron chi connectivity index (χ2n) is 8.11. The van der Waals surface area contributed by atoms with E-state index in [2.05, 4.69) is 31.4 Å². The molecule has 8 heteroatoms. The van der Waals surface area contributed by atoms with E-state index in [4.69, 9.17) is 9.47 Å². The van der Waals surface area contributed by atoms with Crippen LogP contribution in [0.15, 0.2) is 41.5 Å². The van der Waals surface area contributed by atoms with Crippen LogP contribution in [0.2, 0.25) is 0 Å². The Morgan fingerprint density at radius 3 is 2.59 bits per heavy atom. The lowest BCUT2D eigenvalue weighted by molar-refractivity contribution is 0.0369. The van der Waals surface area contributed by atoms with Gasteiger partial charge in [-0.3, -0.25) is 15.1 Å². The highest BCUT2D eigenvalue weighted by Crippen LogP contribution is 2.22. The van der Waals surface area contributed by atoms with E-state index in [1.807, 2.05) is 37.3 Å². The molecular formula is C24H31N5O3. The molecule has 170 valence electrons. The van der Waals surface area contributed by atoms with Crippen molar-refractivity contribution in [3.05, 3.63) is 53.2 Å². The average molecular weight is 438 g/mol. The Balaban J connectivity index is 1.48. The van der Waals surface area contributed by atoms with E-state index in [1.54, 1.807) is 6.21 Å². The number of hydrazone groups is 1. The van der Waals surface area contributed by atoms with E-state index in [9.17, 15) is 4.79 Å². The smallest absolute Gasteiger partial charge is 0.182 e. The fraction of sp³-hybridized carbons (Fsp3) is 0.458.